The fourth-order valence-corrected chi connectivity index (χ4v) is 0.598. The maximum Gasteiger partial charge on any atom is 0.0247 e. The molecule has 3 nitrogen and oxygen atoms in total. The Morgan fingerprint density at radius 3 is 2.30 bits per heavy atom. The third-order valence-electron chi connectivity index (χ3n) is 1.49. The molecule has 3 heteroatoms. The molecule has 62 valence electrons. The van der Waals surface area contributed by atoms with E-state index in [9.17, 15) is 0 Å². The lowest BCUT2D eigenvalue weighted by Crippen LogP contribution is -2.47. The van der Waals surface area contributed by atoms with Crippen LogP contribution in [-0.2, 0) is 0 Å². The highest BCUT2D eigenvalue weighted by Gasteiger charge is 2.12. The molecule has 0 bridgehead atoms. The van der Waals surface area contributed by atoms with E-state index in [2.05, 4.69) is 24.5 Å². The molecule has 0 saturated carbocycles. The van der Waals surface area contributed by atoms with E-state index in [-0.39, 0.29) is 5.54 Å². The lowest BCUT2D eigenvalue weighted by Gasteiger charge is -2.23. The first-order chi connectivity index (χ1) is 4.62. The molecule has 0 radical (unpaired) electrons. The minimum absolute atomic E-state index is 0.0802. The zero-order valence-electron chi connectivity index (χ0n) is 7.20. The molecule has 0 aliphatic rings. The van der Waals surface area contributed by atoms with Crippen molar-refractivity contribution in [2.45, 2.75) is 19.4 Å². The zero-order chi connectivity index (χ0) is 8.04. The van der Waals surface area contributed by atoms with E-state index in [0.29, 0.717) is 6.54 Å². The van der Waals surface area contributed by atoms with Gasteiger partial charge in [-0.15, -0.1) is 0 Å². The smallest absolute Gasteiger partial charge is 0.0247 e. The zero-order valence-corrected chi connectivity index (χ0v) is 7.20. The second-order valence-corrected chi connectivity index (χ2v) is 3.12. The Bertz CT molecular complexity index is 80.9. The van der Waals surface area contributed by atoms with E-state index in [1.165, 1.54) is 0 Å². The molecular formula is C7H19N3. The number of hydrogen-bond acceptors (Lipinski definition) is 3. The number of nitrogens with two attached hydrogens (primary N) is 1. The molecule has 0 aliphatic carbocycles. The van der Waals surface area contributed by atoms with Crippen LogP contribution in [0.25, 0.3) is 0 Å². The molecule has 0 aromatic carbocycles. The maximum absolute atomic E-state index is 5.51. The van der Waals surface area contributed by atoms with Gasteiger partial charge in [-0.25, -0.2) is 0 Å². The summed E-state index contributed by atoms with van der Waals surface area (Å²) in [7, 11) is 1.94. The maximum atomic E-state index is 5.51. The summed E-state index contributed by atoms with van der Waals surface area (Å²) in [4.78, 5) is 0. The van der Waals surface area contributed by atoms with E-state index in [0.717, 1.165) is 13.1 Å². The van der Waals surface area contributed by atoms with Crippen molar-refractivity contribution in [2.24, 2.45) is 5.73 Å². The Labute approximate surface area is 63.4 Å². The van der Waals surface area contributed by atoms with E-state index >= 15 is 0 Å². The monoisotopic (exact) mass is 145 g/mol. The Morgan fingerprint density at radius 2 is 1.90 bits per heavy atom. The molecular weight excluding hydrogens is 126 g/mol. The molecule has 4 N–H and O–H groups in total. The standard InChI is InChI=1S/C7H19N3/c1-7(2,6-8)10-5-4-9-3/h9-10H,4-6,8H2,1-3H3. The lowest BCUT2D eigenvalue weighted by molar-refractivity contribution is 0.399. The fourth-order valence-electron chi connectivity index (χ4n) is 0.598. The van der Waals surface area contributed by atoms with E-state index < -0.39 is 0 Å². The summed E-state index contributed by atoms with van der Waals surface area (Å²) in [6, 6.07) is 0. The van der Waals surface area contributed by atoms with Crippen LogP contribution in [-0.4, -0.2) is 32.2 Å². The highest BCUT2D eigenvalue weighted by molar-refractivity contribution is 4.77. The quantitative estimate of drug-likeness (QED) is 0.459. The lowest BCUT2D eigenvalue weighted by atomic mass is 10.1. The summed E-state index contributed by atoms with van der Waals surface area (Å²) in [5, 5.41) is 6.38. The second-order valence-electron chi connectivity index (χ2n) is 3.12. The Morgan fingerprint density at radius 1 is 1.30 bits per heavy atom. The summed E-state index contributed by atoms with van der Waals surface area (Å²) in [5.74, 6) is 0. The molecule has 0 unspecified atom stereocenters. The van der Waals surface area contributed by atoms with Crippen LogP contribution < -0.4 is 16.4 Å². The fraction of sp³-hybridized carbons (Fsp3) is 1.00. The summed E-state index contributed by atoms with van der Waals surface area (Å²) >= 11 is 0. The van der Waals surface area contributed by atoms with Crippen molar-refractivity contribution in [2.75, 3.05) is 26.7 Å². The van der Waals surface area contributed by atoms with Crippen molar-refractivity contribution in [3.63, 3.8) is 0 Å². The Kier molecular flexibility index (Phi) is 4.60. The van der Waals surface area contributed by atoms with Crippen molar-refractivity contribution in [3.8, 4) is 0 Å². The van der Waals surface area contributed by atoms with Gasteiger partial charge in [0, 0.05) is 25.2 Å². The van der Waals surface area contributed by atoms with Crippen LogP contribution in [0.4, 0.5) is 0 Å². The van der Waals surface area contributed by atoms with E-state index in [4.69, 9.17) is 5.73 Å². The summed E-state index contributed by atoms with van der Waals surface area (Å²) in [6.45, 7) is 6.84. The van der Waals surface area contributed by atoms with Crippen molar-refractivity contribution in [3.05, 3.63) is 0 Å². The molecule has 0 amide bonds. The number of nitrogens with one attached hydrogen (secondary N) is 2. The van der Waals surface area contributed by atoms with Gasteiger partial charge in [0.1, 0.15) is 0 Å². The summed E-state index contributed by atoms with van der Waals surface area (Å²) < 4.78 is 0. The van der Waals surface area contributed by atoms with Gasteiger partial charge < -0.3 is 16.4 Å². The van der Waals surface area contributed by atoms with Crippen LogP contribution in [0, 0.1) is 0 Å². The van der Waals surface area contributed by atoms with E-state index in [1.807, 2.05) is 7.05 Å². The number of likely N-dealkylation sites (N-methyl/N-ethyl adjacent to an activating group) is 1. The van der Waals surface area contributed by atoms with Crippen LogP contribution in [0.2, 0.25) is 0 Å². The molecule has 0 aliphatic heterocycles. The van der Waals surface area contributed by atoms with Crippen LogP contribution in [0.3, 0.4) is 0 Å². The highest BCUT2D eigenvalue weighted by Crippen LogP contribution is 1.95. The van der Waals surface area contributed by atoms with Gasteiger partial charge in [-0.1, -0.05) is 0 Å². The first-order valence-electron chi connectivity index (χ1n) is 3.72. The molecule has 10 heavy (non-hydrogen) atoms. The van der Waals surface area contributed by atoms with Gasteiger partial charge in [0.05, 0.1) is 0 Å². The van der Waals surface area contributed by atoms with Crippen LogP contribution in [0.15, 0.2) is 0 Å². The summed E-state index contributed by atoms with van der Waals surface area (Å²) in [5.41, 5.74) is 5.59. The molecule has 0 aromatic heterocycles. The average Bonchev–Trinajstić information content (AvgIpc) is 1.89. The first-order valence-corrected chi connectivity index (χ1v) is 3.72. The van der Waals surface area contributed by atoms with Crippen LogP contribution in [0.1, 0.15) is 13.8 Å². The molecule has 0 fully saturated rings. The van der Waals surface area contributed by atoms with Crippen molar-refractivity contribution >= 4 is 0 Å². The predicted molar refractivity (Wildman–Crippen MR) is 45.1 cm³/mol. The van der Waals surface area contributed by atoms with Crippen LogP contribution in [0.5, 0.6) is 0 Å². The molecule has 0 rings (SSSR count). The van der Waals surface area contributed by atoms with Crippen molar-refractivity contribution < 1.29 is 0 Å². The third-order valence-corrected chi connectivity index (χ3v) is 1.49. The second kappa shape index (κ2) is 4.66. The SMILES string of the molecule is CNCCNC(C)(C)CN. The van der Waals surface area contributed by atoms with Gasteiger partial charge in [0.25, 0.3) is 0 Å². The minimum Gasteiger partial charge on any atom is -0.329 e. The van der Waals surface area contributed by atoms with Gasteiger partial charge in [-0.2, -0.15) is 0 Å². The van der Waals surface area contributed by atoms with Crippen molar-refractivity contribution in [1.82, 2.24) is 10.6 Å². The normalized spacial score (nSPS) is 12.0. The minimum atomic E-state index is 0.0802. The van der Waals surface area contributed by atoms with Gasteiger partial charge in [-0.05, 0) is 20.9 Å². The molecule has 0 spiro atoms. The van der Waals surface area contributed by atoms with Crippen molar-refractivity contribution in [1.29, 1.82) is 0 Å². The first kappa shape index (κ1) is 9.88. The largest absolute Gasteiger partial charge is 0.329 e. The van der Waals surface area contributed by atoms with E-state index in [1.54, 1.807) is 0 Å². The Hall–Kier alpha value is -0.120. The topological polar surface area (TPSA) is 50.1 Å². The number of hydrogen-bond donors (Lipinski definition) is 3. The van der Waals surface area contributed by atoms with Gasteiger partial charge >= 0.3 is 0 Å². The number of rotatable bonds is 5. The third kappa shape index (κ3) is 4.73. The van der Waals surface area contributed by atoms with Crippen LogP contribution >= 0.6 is 0 Å². The highest BCUT2D eigenvalue weighted by atomic mass is 15.0. The Balaban J connectivity index is 3.28. The molecule has 0 atom stereocenters. The predicted octanol–water partition coefficient (Wildman–Crippen LogP) is -0.467. The molecule has 0 saturated heterocycles. The average molecular weight is 145 g/mol. The van der Waals surface area contributed by atoms with Gasteiger partial charge in [0.2, 0.25) is 0 Å². The van der Waals surface area contributed by atoms with Gasteiger partial charge in [0.15, 0.2) is 0 Å². The molecule has 0 aromatic rings. The van der Waals surface area contributed by atoms with Gasteiger partial charge in [-0.3, -0.25) is 0 Å². The molecule has 0 heterocycles. The summed E-state index contributed by atoms with van der Waals surface area (Å²) in [6.07, 6.45) is 0.